The first kappa shape index (κ1) is 19.4. The summed E-state index contributed by atoms with van der Waals surface area (Å²) < 4.78 is 4.93. The second-order valence-electron chi connectivity index (χ2n) is 5.77. The number of hydrogen-bond donors (Lipinski definition) is 1. The van der Waals surface area contributed by atoms with Crippen molar-refractivity contribution in [2.75, 3.05) is 30.4 Å². The van der Waals surface area contributed by atoms with Gasteiger partial charge in [-0.05, 0) is 43.7 Å². The highest BCUT2D eigenvalue weighted by atomic mass is 16.5. The number of aromatic nitrogens is 2. The van der Waals surface area contributed by atoms with Gasteiger partial charge in [0.1, 0.15) is 5.69 Å². The van der Waals surface area contributed by atoms with E-state index in [4.69, 9.17) is 4.74 Å². The molecule has 0 aliphatic rings. The Morgan fingerprint density at radius 1 is 1.15 bits per heavy atom. The Labute approximate surface area is 153 Å². The summed E-state index contributed by atoms with van der Waals surface area (Å²) in [5.41, 5.74) is 1.29. The number of carbonyl (C=O) groups excluding carboxylic acids is 2. The minimum Gasteiger partial charge on any atom is -0.462 e. The van der Waals surface area contributed by atoms with Crippen molar-refractivity contribution in [3.63, 3.8) is 0 Å². The fourth-order valence-corrected chi connectivity index (χ4v) is 2.25. The van der Waals surface area contributed by atoms with E-state index in [0.717, 1.165) is 19.4 Å². The van der Waals surface area contributed by atoms with Crippen LogP contribution in [0.2, 0.25) is 0 Å². The van der Waals surface area contributed by atoms with Crippen LogP contribution in [-0.2, 0) is 4.74 Å². The molecule has 0 unspecified atom stereocenters. The van der Waals surface area contributed by atoms with Gasteiger partial charge in [0.05, 0.1) is 12.2 Å². The number of nitrogens with zero attached hydrogens (tertiary/aromatic N) is 3. The number of rotatable bonds is 8. The van der Waals surface area contributed by atoms with E-state index in [-0.39, 0.29) is 17.6 Å². The largest absolute Gasteiger partial charge is 0.462 e. The predicted octanol–water partition coefficient (Wildman–Crippen LogP) is 3.14. The average molecular weight is 356 g/mol. The standard InChI is InChI=1S/C19H24N4O3/c1-4-6-13-23(3)19-20-12-11-16(22-19)17(24)21-15-9-7-14(8-10-15)18(25)26-5-2/h7-12H,4-6,13H2,1-3H3,(H,21,24). The number of unbranched alkanes of at least 4 members (excludes halogenated alkanes) is 1. The molecule has 138 valence electrons. The first-order valence-corrected chi connectivity index (χ1v) is 8.67. The molecule has 0 saturated heterocycles. The third-order valence-electron chi connectivity index (χ3n) is 3.72. The highest BCUT2D eigenvalue weighted by Crippen LogP contribution is 2.13. The molecular weight excluding hydrogens is 332 g/mol. The van der Waals surface area contributed by atoms with E-state index in [9.17, 15) is 9.59 Å². The van der Waals surface area contributed by atoms with Gasteiger partial charge in [-0.1, -0.05) is 13.3 Å². The summed E-state index contributed by atoms with van der Waals surface area (Å²) >= 11 is 0. The minimum absolute atomic E-state index is 0.285. The van der Waals surface area contributed by atoms with E-state index in [1.54, 1.807) is 43.5 Å². The Balaban J connectivity index is 2.04. The molecule has 0 aliphatic heterocycles. The fourth-order valence-electron chi connectivity index (χ4n) is 2.25. The van der Waals surface area contributed by atoms with E-state index in [2.05, 4.69) is 22.2 Å². The van der Waals surface area contributed by atoms with Gasteiger partial charge in [0.2, 0.25) is 5.95 Å². The molecule has 26 heavy (non-hydrogen) atoms. The molecule has 1 aromatic heterocycles. The smallest absolute Gasteiger partial charge is 0.338 e. The summed E-state index contributed by atoms with van der Waals surface area (Å²) in [6, 6.07) is 8.09. The number of carbonyl (C=O) groups is 2. The number of amides is 1. The van der Waals surface area contributed by atoms with Crippen molar-refractivity contribution in [2.24, 2.45) is 0 Å². The summed E-state index contributed by atoms with van der Waals surface area (Å²) in [5.74, 6) is -0.203. The van der Waals surface area contributed by atoms with Crippen LogP contribution in [-0.4, -0.2) is 42.0 Å². The molecule has 0 bridgehead atoms. The van der Waals surface area contributed by atoms with Crippen LogP contribution in [0.25, 0.3) is 0 Å². The number of benzene rings is 1. The summed E-state index contributed by atoms with van der Waals surface area (Å²) in [6.45, 7) is 5.02. The van der Waals surface area contributed by atoms with Crippen molar-refractivity contribution in [1.29, 1.82) is 0 Å². The van der Waals surface area contributed by atoms with E-state index in [0.29, 0.717) is 23.8 Å². The summed E-state index contributed by atoms with van der Waals surface area (Å²) in [6.07, 6.45) is 3.68. The van der Waals surface area contributed by atoms with E-state index >= 15 is 0 Å². The molecule has 7 nitrogen and oxygen atoms in total. The third-order valence-corrected chi connectivity index (χ3v) is 3.72. The molecule has 0 atom stereocenters. The summed E-state index contributed by atoms with van der Waals surface area (Å²) in [4.78, 5) is 34.5. The van der Waals surface area contributed by atoms with Gasteiger partial charge >= 0.3 is 5.97 Å². The van der Waals surface area contributed by atoms with Crippen LogP contribution in [0.3, 0.4) is 0 Å². The molecule has 7 heteroatoms. The zero-order valence-electron chi connectivity index (χ0n) is 15.4. The van der Waals surface area contributed by atoms with Crippen molar-refractivity contribution in [3.8, 4) is 0 Å². The van der Waals surface area contributed by atoms with Crippen LogP contribution >= 0.6 is 0 Å². The third kappa shape index (κ3) is 5.27. The monoisotopic (exact) mass is 356 g/mol. The van der Waals surface area contributed by atoms with Gasteiger partial charge in [-0.2, -0.15) is 0 Å². The lowest BCUT2D eigenvalue weighted by molar-refractivity contribution is 0.0526. The lowest BCUT2D eigenvalue weighted by Crippen LogP contribution is -2.22. The van der Waals surface area contributed by atoms with Crippen LogP contribution in [0.5, 0.6) is 0 Å². The molecular formula is C19H24N4O3. The quantitative estimate of drug-likeness (QED) is 0.732. The second kappa shape index (κ2) is 9.50. The van der Waals surface area contributed by atoms with Crippen LogP contribution in [0.1, 0.15) is 47.5 Å². The van der Waals surface area contributed by atoms with Crippen LogP contribution in [0, 0.1) is 0 Å². The van der Waals surface area contributed by atoms with Gasteiger partial charge < -0.3 is 15.0 Å². The summed E-state index contributed by atoms with van der Waals surface area (Å²) in [7, 11) is 1.90. The van der Waals surface area contributed by atoms with Gasteiger partial charge in [-0.15, -0.1) is 0 Å². The molecule has 1 aromatic carbocycles. The Hall–Kier alpha value is -2.96. The SMILES string of the molecule is CCCCN(C)c1nccc(C(=O)Nc2ccc(C(=O)OCC)cc2)n1. The van der Waals surface area contributed by atoms with Crippen LogP contribution in [0.15, 0.2) is 36.5 Å². The van der Waals surface area contributed by atoms with Gasteiger partial charge in [0, 0.05) is 25.5 Å². The lowest BCUT2D eigenvalue weighted by Gasteiger charge is -2.16. The second-order valence-corrected chi connectivity index (χ2v) is 5.77. The van der Waals surface area contributed by atoms with Crippen LogP contribution in [0.4, 0.5) is 11.6 Å². The number of ether oxygens (including phenoxy) is 1. The lowest BCUT2D eigenvalue weighted by atomic mass is 10.2. The first-order chi connectivity index (χ1) is 12.5. The van der Waals surface area contributed by atoms with Crippen molar-refractivity contribution in [3.05, 3.63) is 47.8 Å². The Morgan fingerprint density at radius 3 is 2.54 bits per heavy atom. The Bertz CT molecular complexity index is 747. The summed E-state index contributed by atoms with van der Waals surface area (Å²) in [5, 5.41) is 2.77. The highest BCUT2D eigenvalue weighted by molar-refractivity contribution is 6.03. The Kier molecular flexibility index (Phi) is 7.08. The molecule has 0 spiro atoms. The van der Waals surface area contributed by atoms with Gasteiger partial charge in [0.25, 0.3) is 5.91 Å². The van der Waals surface area contributed by atoms with E-state index < -0.39 is 0 Å². The normalized spacial score (nSPS) is 10.3. The first-order valence-electron chi connectivity index (χ1n) is 8.67. The number of esters is 1. The van der Waals surface area contributed by atoms with Crippen molar-refractivity contribution in [2.45, 2.75) is 26.7 Å². The maximum atomic E-state index is 12.4. The highest BCUT2D eigenvalue weighted by Gasteiger charge is 2.12. The molecule has 0 radical (unpaired) electrons. The van der Waals surface area contributed by atoms with Crippen molar-refractivity contribution >= 4 is 23.5 Å². The molecule has 2 rings (SSSR count). The Morgan fingerprint density at radius 2 is 1.88 bits per heavy atom. The molecule has 1 heterocycles. The maximum absolute atomic E-state index is 12.4. The number of hydrogen-bond acceptors (Lipinski definition) is 6. The fraction of sp³-hybridized carbons (Fsp3) is 0.368. The minimum atomic E-state index is -0.388. The molecule has 0 fully saturated rings. The topological polar surface area (TPSA) is 84.4 Å². The van der Waals surface area contributed by atoms with E-state index in [1.807, 2.05) is 11.9 Å². The van der Waals surface area contributed by atoms with Gasteiger partial charge in [-0.3, -0.25) is 4.79 Å². The van der Waals surface area contributed by atoms with Crippen molar-refractivity contribution < 1.29 is 14.3 Å². The molecule has 2 aromatic rings. The van der Waals surface area contributed by atoms with Gasteiger partial charge in [0.15, 0.2) is 0 Å². The average Bonchev–Trinajstić information content (AvgIpc) is 2.67. The maximum Gasteiger partial charge on any atom is 0.338 e. The molecule has 1 amide bonds. The predicted molar refractivity (Wildman–Crippen MR) is 101 cm³/mol. The van der Waals surface area contributed by atoms with Crippen molar-refractivity contribution in [1.82, 2.24) is 9.97 Å². The molecule has 0 aliphatic carbocycles. The zero-order chi connectivity index (χ0) is 18.9. The molecule has 1 N–H and O–H groups in total. The van der Waals surface area contributed by atoms with Gasteiger partial charge in [-0.25, -0.2) is 14.8 Å². The van der Waals surface area contributed by atoms with Crippen LogP contribution < -0.4 is 10.2 Å². The zero-order valence-corrected chi connectivity index (χ0v) is 15.4. The number of anilines is 2. The number of nitrogens with one attached hydrogen (secondary N) is 1. The van der Waals surface area contributed by atoms with E-state index in [1.165, 1.54) is 0 Å². The molecule has 0 saturated carbocycles.